The van der Waals surface area contributed by atoms with Crippen molar-refractivity contribution in [2.45, 2.75) is 40.8 Å². The van der Waals surface area contributed by atoms with Gasteiger partial charge in [0, 0.05) is 20.1 Å². The molecule has 2 heterocycles. The number of imidazole rings is 1. The van der Waals surface area contributed by atoms with Crippen molar-refractivity contribution in [2.75, 3.05) is 0 Å². The number of hydrogen-bond acceptors (Lipinski definition) is 3. The van der Waals surface area contributed by atoms with Gasteiger partial charge in [-0.15, -0.1) is 0 Å². The van der Waals surface area contributed by atoms with Crippen LogP contribution < -0.4 is 11.2 Å². The standard InChI is InChI=1S/C16H22N4O2/c1-11(2)6-8-19-14-13(18(5)10-17-14)15(21)20(16(19)22)9-7-12(3)4/h6-7,10H,8-9H2,1-5H3. The number of aryl methyl sites for hydroxylation is 1. The molecule has 22 heavy (non-hydrogen) atoms. The minimum atomic E-state index is -0.328. The first kappa shape index (κ1) is 16.0. The molecule has 6 heteroatoms. The summed E-state index contributed by atoms with van der Waals surface area (Å²) in [7, 11) is 1.76. The molecule has 2 rings (SSSR count). The van der Waals surface area contributed by atoms with E-state index in [4.69, 9.17) is 0 Å². The number of hydrogen-bond donors (Lipinski definition) is 0. The second-order valence-electron chi connectivity index (χ2n) is 5.90. The first-order chi connectivity index (χ1) is 10.3. The van der Waals surface area contributed by atoms with Crippen LogP contribution >= 0.6 is 0 Å². The Morgan fingerprint density at radius 2 is 1.59 bits per heavy atom. The highest BCUT2D eigenvalue weighted by atomic mass is 16.2. The summed E-state index contributed by atoms with van der Waals surface area (Å²) in [5.41, 5.74) is 2.43. The van der Waals surface area contributed by atoms with Gasteiger partial charge in [-0.2, -0.15) is 0 Å². The van der Waals surface area contributed by atoms with Gasteiger partial charge in [0.05, 0.1) is 6.33 Å². The van der Waals surface area contributed by atoms with Crippen molar-refractivity contribution in [3.05, 3.63) is 50.5 Å². The van der Waals surface area contributed by atoms with Crippen molar-refractivity contribution in [1.82, 2.24) is 18.7 Å². The first-order valence-corrected chi connectivity index (χ1v) is 7.24. The fraction of sp³-hybridized carbons (Fsp3) is 0.438. The Morgan fingerprint density at radius 3 is 2.14 bits per heavy atom. The molecule has 0 N–H and O–H groups in total. The molecule has 0 saturated carbocycles. The van der Waals surface area contributed by atoms with E-state index in [1.807, 2.05) is 39.8 Å². The molecule has 2 aromatic rings. The summed E-state index contributed by atoms with van der Waals surface area (Å²) in [5.74, 6) is 0. The van der Waals surface area contributed by atoms with Gasteiger partial charge in [-0.1, -0.05) is 23.3 Å². The molecule has 0 bridgehead atoms. The second-order valence-corrected chi connectivity index (χ2v) is 5.90. The Kier molecular flexibility index (Phi) is 4.49. The van der Waals surface area contributed by atoms with Crippen molar-refractivity contribution in [2.24, 2.45) is 7.05 Å². The van der Waals surface area contributed by atoms with Gasteiger partial charge in [-0.3, -0.25) is 13.9 Å². The van der Waals surface area contributed by atoms with Gasteiger partial charge in [-0.05, 0) is 27.7 Å². The van der Waals surface area contributed by atoms with E-state index in [9.17, 15) is 9.59 Å². The third kappa shape index (κ3) is 2.95. The Bertz CT molecular complexity index is 870. The molecule has 0 radical (unpaired) electrons. The maximum atomic E-state index is 12.7. The third-order valence-electron chi connectivity index (χ3n) is 3.45. The molecule has 0 saturated heterocycles. The van der Waals surface area contributed by atoms with E-state index >= 15 is 0 Å². The van der Waals surface area contributed by atoms with Crippen LogP contribution in [-0.2, 0) is 20.1 Å². The predicted octanol–water partition coefficient (Wildman–Crippen LogP) is 1.83. The summed E-state index contributed by atoms with van der Waals surface area (Å²) in [6.45, 7) is 8.50. The quantitative estimate of drug-likeness (QED) is 0.810. The van der Waals surface area contributed by atoms with Crippen molar-refractivity contribution in [3.8, 4) is 0 Å². The lowest BCUT2D eigenvalue weighted by Gasteiger charge is -2.09. The fourth-order valence-electron chi connectivity index (χ4n) is 2.19. The van der Waals surface area contributed by atoms with Crippen LogP contribution in [0.2, 0.25) is 0 Å². The minimum Gasteiger partial charge on any atom is -0.328 e. The molecule has 0 aromatic carbocycles. The smallest absolute Gasteiger partial charge is 0.328 e. The molecule has 0 spiro atoms. The maximum absolute atomic E-state index is 12.7. The molecule has 0 fully saturated rings. The average Bonchev–Trinajstić information content (AvgIpc) is 2.80. The molecule has 0 aliphatic heterocycles. The van der Waals surface area contributed by atoms with Gasteiger partial charge in [0.25, 0.3) is 5.56 Å². The van der Waals surface area contributed by atoms with E-state index < -0.39 is 0 Å². The van der Waals surface area contributed by atoms with E-state index in [1.165, 1.54) is 4.57 Å². The van der Waals surface area contributed by atoms with E-state index in [-0.39, 0.29) is 17.8 Å². The van der Waals surface area contributed by atoms with Crippen LogP contribution in [0, 0.1) is 0 Å². The lowest BCUT2D eigenvalue weighted by molar-refractivity contribution is 0.640. The van der Waals surface area contributed by atoms with Crippen LogP contribution in [0.4, 0.5) is 0 Å². The molecule has 0 atom stereocenters. The molecule has 0 aliphatic carbocycles. The van der Waals surface area contributed by atoms with Crippen LogP contribution in [0.25, 0.3) is 11.2 Å². The fourth-order valence-corrected chi connectivity index (χ4v) is 2.19. The monoisotopic (exact) mass is 302 g/mol. The van der Waals surface area contributed by atoms with Crippen LogP contribution in [0.15, 0.2) is 39.2 Å². The largest absolute Gasteiger partial charge is 0.333 e. The zero-order chi connectivity index (χ0) is 16.4. The highest BCUT2D eigenvalue weighted by molar-refractivity contribution is 5.70. The van der Waals surface area contributed by atoms with Gasteiger partial charge >= 0.3 is 5.69 Å². The molecule has 118 valence electrons. The average molecular weight is 302 g/mol. The summed E-state index contributed by atoms with van der Waals surface area (Å²) < 4.78 is 4.47. The Labute approximate surface area is 129 Å². The lowest BCUT2D eigenvalue weighted by Crippen LogP contribution is -2.40. The maximum Gasteiger partial charge on any atom is 0.333 e. The van der Waals surface area contributed by atoms with Crippen LogP contribution in [0.3, 0.4) is 0 Å². The summed E-state index contributed by atoms with van der Waals surface area (Å²) in [5, 5.41) is 0. The molecule has 6 nitrogen and oxygen atoms in total. The zero-order valence-electron chi connectivity index (χ0n) is 13.8. The zero-order valence-corrected chi connectivity index (χ0v) is 13.8. The van der Waals surface area contributed by atoms with Gasteiger partial charge in [0.1, 0.15) is 0 Å². The molecule has 2 aromatic heterocycles. The van der Waals surface area contributed by atoms with E-state index in [2.05, 4.69) is 4.98 Å². The summed E-state index contributed by atoms with van der Waals surface area (Å²) in [4.78, 5) is 29.5. The van der Waals surface area contributed by atoms with Crippen molar-refractivity contribution in [3.63, 3.8) is 0 Å². The Hall–Kier alpha value is -2.37. The number of nitrogens with zero attached hydrogens (tertiary/aromatic N) is 4. The van der Waals surface area contributed by atoms with Gasteiger partial charge in [0.2, 0.25) is 0 Å². The van der Waals surface area contributed by atoms with Crippen molar-refractivity contribution in [1.29, 1.82) is 0 Å². The van der Waals surface area contributed by atoms with E-state index in [0.29, 0.717) is 17.7 Å². The van der Waals surface area contributed by atoms with Gasteiger partial charge in [-0.25, -0.2) is 9.78 Å². The van der Waals surface area contributed by atoms with E-state index in [0.717, 1.165) is 11.1 Å². The number of aromatic nitrogens is 4. The highest BCUT2D eigenvalue weighted by Gasteiger charge is 2.15. The Balaban J connectivity index is 2.77. The lowest BCUT2D eigenvalue weighted by atomic mass is 10.3. The minimum absolute atomic E-state index is 0.274. The Morgan fingerprint density at radius 1 is 1.05 bits per heavy atom. The molecular formula is C16H22N4O2. The first-order valence-electron chi connectivity index (χ1n) is 7.24. The molecular weight excluding hydrogens is 280 g/mol. The number of rotatable bonds is 4. The predicted molar refractivity (Wildman–Crippen MR) is 88.1 cm³/mol. The normalized spacial score (nSPS) is 10.8. The highest BCUT2D eigenvalue weighted by Crippen LogP contribution is 2.06. The van der Waals surface area contributed by atoms with Crippen molar-refractivity contribution >= 4 is 11.2 Å². The summed E-state index contributed by atoms with van der Waals surface area (Å²) in [6, 6.07) is 0. The van der Waals surface area contributed by atoms with Crippen LogP contribution in [0.1, 0.15) is 27.7 Å². The number of allylic oxidation sites excluding steroid dienone is 4. The summed E-state index contributed by atoms with van der Waals surface area (Å²) in [6.07, 6.45) is 5.39. The molecule has 0 aliphatic rings. The van der Waals surface area contributed by atoms with E-state index in [1.54, 1.807) is 22.5 Å². The molecule has 0 amide bonds. The molecule has 0 unspecified atom stereocenters. The third-order valence-corrected chi connectivity index (χ3v) is 3.45. The second kappa shape index (κ2) is 6.17. The van der Waals surface area contributed by atoms with Crippen LogP contribution in [0.5, 0.6) is 0 Å². The van der Waals surface area contributed by atoms with Crippen LogP contribution in [-0.4, -0.2) is 18.7 Å². The van der Waals surface area contributed by atoms with Crippen molar-refractivity contribution < 1.29 is 0 Å². The SMILES string of the molecule is CC(C)=CCn1c(=O)c2c(ncn2C)n(CC=C(C)C)c1=O. The van der Waals surface area contributed by atoms with Gasteiger partial charge < -0.3 is 4.57 Å². The number of fused-ring (bicyclic) bond motifs is 1. The topological polar surface area (TPSA) is 61.8 Å². The summed E-state index contributed by atoms with van der Waals surface area (Å²) >= 11 is 0. The van der Waals surface area contributed by atoms with Gasteiger partial charge in [0.15, 0.2) is 11.2 Å².